The molecule has 1 heterocycles. The minimum absolute atomic E-state index is 0.000697. The van der Waals surface area contributed by atoms with Crippen molar-refractivity contribution in [1.82, 2.24) is 9.78 Å². The largest absolute Gasteiger partial charge is 0.384 e. The van der Waals surface area contributed by atoms with Crippen molar-refractivity contribution in [2.75, 3.05) is 5.73 Å². The second-order valence-corrected chi connectivity index (χ2v) is 3.18. The Balaban J connectivity index is 2.57. The number of hydrogen-bond acceptors (Lipinski definition) is 3. The highest BCUT2D eigenvalue weighted by Crippen LogP contribution is 2.17. The Labute approximate surface area is 90.5 Å². The smallest absolute Gasteiger partial charge is 0.269 e. The van der Waals surface area contributed by atoms with E-state index in [0.29, 0.717) is 0 Å². The van der Waals surface area contributed by atoms with E-state index < -0.39 is 11.7 Å². The van der Waals surface area contributed by atoms with Crippen LogP contribution in [0.2, 0.25) is 0 Å². The van der Waals surface area contributed by atoms with Crippen LogP contribution in [0.5, 0.6) is 0 Å². The van der Waals surface area contributed by atoms with E-state index in [-0.39, 0.29) is 17.2 Å². The summed E-state index contributed by atoms with van der Waals surface area (Å²) in [4.78, 5) is 10.9. The zero-order chi connectivity index (χ0) is 11.7. The molecule has 82 valence electrons. The first-order valence-corrected chi connectivity index (χ1v) is 4.50. The number of anilines is 1. The second kappa shape index (κ2) is 3.65. The number of primary amides is 1. The first-order valence-electron chi connectivity index (χ1n) is 4.50. The number of halogens is 1. The molecule has 6 heteroatoms. The summed E-state index contributed by atoms with van der Waals surface area (Å²) in [6, 6.07) is 7.27. The van der Waals surface area contributed by atoms with E-state index in [1.165, 1.54) is 18.2 Å². The maximum absolute atomic E-state index is 13.4. The van der Waals surface area contributed by atoms with Crippen molar-refractivity contribution >= 4 is 11.7 Å². The van der Waals surface area contributed by atoms with Gasteiger partial charge >= 0.3 is 0 Å². The van der Waals surface area contributed by atoms with Gasteiger partial charge in [-0.25, -0.2) is 9.07 Å². The lowest BCUT2D eigenvalue weighted by molar-refractivity contribution is 0.0995. The van der Waals surface area contributed by atoms with Crippen LogP contribution in [-0.4, -0.2) is 15.7 Å². The molecule has 0 aliphatic carbocycles. The highest BCUT2D eigenvalue weighted by Gasteiger charge is 2.12. The highest BCUT2D eigenvalue weighted by molar-refractivity contribution is 5.91. The number of benzene rings is 1. The Kier molecular flexibility index (Phi) is 2.32. The average molecular weight is 220 g/mol. The van der Waals surface area contributed by atoms with Crippen LogP contribution < -0.4 is 11.5 Å². The highest BCUT2D eigenvalue weighted by atomic mass is 19.1. The molecule has 5 nitrogen and oxygen atoms in total. The number of amides is 1. The fourth-order valence-electron chi connectivity index (χ4n) is 1.33. The molecule has 0 aliphatic rings. The van der Waals surface area contributed by atoms with Crippen molar-refractivity contribution in [3.8, 4) is 5.69 Å². The minimum Gasteiger partial charge on any atom is -0.384 e. The maximum Gasteiger partial charge on any atom is 0.269 e. The summed E-state index contributed by atoms with van der Waals surface area (Å²) in [6.45, 7) is 0. The van der Waals surface area contributed by atoms with E-state index in [0.717, 1.165) is 4.68 Å². The molecule has 16 heavy (non-hydrogen) atoms. The van der Waals surface area contributed by atoms with E-state index in [2.05, 4.69) is 5.10 Å². The van der Waals surface area contributed by atoms with Crippen molar-refractivity contribution in [2.24, 2.45) is 5.73 Å². The second-order valence-electron chi connectivity index (χ2n) is 3.18. The van der Waals surface area contributed by atoms with Gasteiger partial charge in [-0.15, -0.1) is 0 Å². The maximum atomic E-state index is 13.4. The molecule has 0 atom stereocenters. The number of nitrogen functional groups attached to an aromatic ring is 1. The van der Waals surface area contributed by atoms with Gasteiger partial charge in [-0.2, -0.15) is 5.10 Å². The summed E-state index contributed by atoms with van der Waals surface area (Å²) < 4.78 is 14.6. The number of nitrogens with zero attached hydrogens (tertiary/aromatic N) is 2. The number of hydrogen-bond donors (Lipinski definition) is 2. The molecular formula is C10H9FN4O. The van der Waals surface area contributed by atoms with Crippen LogP contribution in [0.4, 0.5) is 10.2 Å². The van der Waals surface area contributed by atoms with Crippen LogP contribution in [-0.2, 0) is 0 Å². The fourth-order valence-corrected chi connectivity index (χ4v) is 1.33. The SMILES string of the molecule is NC(=O)c1cc(N)n(-c2ccccc2F)n1. The van der Waals surface area contributed by atoms with Crippen LogP contribution in [0.25, 0.3) is 5.69 Å². The van der Waals surface area contributed by atoms with Crippen molar-refractivity contribution in [1.29, 1.82) is 0 Å². The van der Waals surface area contributed by atoms with E-state index in [1.807, 2.05) is 0 Å². The standard InChI is InChI=1S/C10H9FN4O/c11-6-3-1-2-4-8(6)15-9(12)5-7(14-15)10(13)16/h1-5H,12H2,(H2,13,16). The van der Waals surface area contributed by atoms with Gasteiger partial charge in [-0.1, -0.05) is 12.1 Å². The van der Waals surface area contributed by atoms with Crippen LogP contribution in [0, 0.1) is 5.82 Å². The number of aromatic nitrogens is 2. The number of para-hydroxylation sites is 1. The number of nitrogens with two attached hydrogens (primary N) is 2. The molecule has 0 spiro atoms. The lowest BCUT2D eigenvalue weighted by atomic mass is 10.3. The molecule has 2 rings (SSSR count). The third kappa shape index (κ3) is 1.60. The van der Waals surface area contributed by atoms with Gasteiger partial charge in [0.05, 0.1) is 0 Å². The summed E-state index contributed by atoms with van der Waals surface area (Å²) in [7, 11) is 0. The van der Waals surface area contributed by atoms with Crippen LogP contribution in [0.15, 0.2) is 30.3 Å². The fraction of sp³-hybridized carbons (Fsp3) is 0. The number of carbonyl (C=O) groups excluding carboxylic acids is 1. The molecule has 0 saturated heterocycles. The van der Waals surface area contributed by atoms with Crippen molar-refractivity contribution < 1.29 is 9.18 Å². The zero-order valence-electron chi connectivity index (χ0n) is 8.22. The molecule has 4 N–H and O–H groups in total. The third-order valence-electron chi connectivity index (χ3n) is 2.07. The molecular weight excluding hydrogens is 211 g/mol. The number of carbonyl (C=O) groups is 1. The molecule has 0 radical (unpaired) electrons. The summed E-state index contributed by atoms with van der Waals surface area (Å²) in [5.41, 5.74) is 10.8. The lowest BCUT2D eigenvalue weighted by Gasteiger charge is -2.04. The molecule has 0 saturated carbocycles. The summed E-state index contributed by atoms with van der Waals surface area (Å²) in [5.74, 6) is -1.03. The summed E-state index contributed by atoms with van der Waals surface area (Å²) in [5, 5.41) is 3.82. The van der Waals surface area contributed by atoms with E-state index in [9.17, 15) is 9.18 Å². The first kappa shape index (κ1) is 10.2. The van der Waals surface area contributed by atoms with Gasteiger partial charge in [-0.3, -0.25) is 4.79 Å². The van der Waals surface area contributed by atoms with E-state index in [1.54, 1.807) is 12.1 Å². The Morgan fingerprint density at radius 2 is 2.06 bits per heavy atom. The Morgan fingerprint density at radius 1 is 1.38 bits per heavy atom. The van der Waals surface area contributed by atoms with Crippen LogP contribution in [0.3, 0.4) is 0 Å². The number of rotatable bonds is 2. The normalized spacial score (nSPS) is 10.3. The Bertz CT molecular complexity index is 550. The summed E-state index contributed by atoms with van der Waals surface area (Å²) >= 11 is 0. The van der Waals surface area contributed by atoms with Gasteiger partial charge in [0.1, 0.15) is 17.3 Å². The lowest BCUT2D eigenvalue weighted by Crippen LogP contribution is -2.12. The van der Waals surface area contributed by atoms with Gasteiger partial charge < -0.3 is 11.5 Å². The molecule has 1 aromatic carbocycles. The van der Waals surface area contributed by atoms with E-state index in [4.69, 9.17) is 11.5 Å². The van der Waals surface area contributed by atoms with Crippen LogP contribution >= 0.6 is 0 Å². The van der Waals surface area contributed by atoms with Gasteiger partial charge in [-0.05, 0) is 12.1 Å². The Morgan fingerprint density at radius 3 is 2.62 bits per heavy atom. The van der Waals surface area contributed by atoms with Crippen molar-refractivity contribution in [2.45, 2.75) is 0 Å². The molecule has 1 aromatic heterocycles. The van der Waals surface area contributed by atoms with Gasteiger partial charge in [0.2, 0.25) is 0 Å². The topological polar surface area (TPSA) is 86.9 Å². The molecule has 2 aromatic rings. The zero-order valence-corrected chi connectivity index (χ0v) is 8.22. The predicted octanol–water partition coefficient (Wildman–Crippen LogP) is 0.692. The van der Waals surface area contributed by atoms with Crippen molar-refractivity contribution in [3.63, 3.8) is 0 Å². The van der Waals surface area contributed by atoms with Gasteiger partial charge in [0, 0.05) is 6.07 Å². The third-order valence-corrected chi connectivity index (χ3v) is 2.07. The van der Waals surface area contributed by atoms with Crippen molar-refractivity contribution in [3.05, 3.63) is 41.8 Å². The molecule has 0 aliphatic heterocycles. The summed E-state index contributed by atoms with van der Waals surface area (Å²) in [6.07, 6.45) is 0. The van der Waals surface area contributed by atoms with E-state index >= 15 is 0 Å². The first-order chi connectivity index (χ1) is 7.59. The molecule has 0 unspecified atom stereocenters. The minimum atomic E-state index is -0.707. The molecule has 0 fully saturated rings. The molecule has 1 amide bonds. The monoisotopic (exact) mass is 220 g/mol. The van der Waals surface area contributed by atoms with Gasteiger partial charge in [0.25, 0.3) is 5.91 Å². The quantitative estimate of drug-likeness (QED) is 0.780. The molecule has 0 bridgehead atoms. The Hall–Kier alpha value is -2.37. The van der Waals surface area contributed by atoms with Gasteiger partial charge in [0.15, 0.2) is 5.69 Å². The predicted molar refractivity (Wildman–Crippen MR) is 56.5 cm³/mol. The van der Waals surface area contributed by atoms with Crippen LogP contribution in [0.1, 0.15) is 10.5 Å². The average Bonchev–Trinajstić information content (AvgIpc) is 2.61.